The third kappa shape index (κ3) is 2.84. The van der Waals surface area contributed by atoms with Crippen molar-refractivity contribution in [1.82, 2.24) is 4.98 Å². The van der Waals surface area contributed by atoms with Gasteiger partial charge in [-0.3, -0.25) is 4.98 Å². The summed E-state index contributed by atoms with van der Waals surface area (Å²) in [5.74, 6) is 0.606. The maximum Gasteiger partial charge on any atom is 0.0438 e. The van der Waals surface area contributed by atoms with Crippen LogP contribution in [0.15, 0.2) is 6.07 Å². The van der Waals surface area contributed by atoms with E-state index in [9.17, 15) is 0 Å². The fourth-order valence-electron chi connectivity index (χ4n) is 2.34. The maximum absolute atomic E-state index is 4.73. The number of fused-ring (bicyclic) bond motifs is 1. The highest BCUT2D eigenvalue weighted by Gasteiger charge is 2.14. The van der Waals surface area contributed by atoms with E-state index in [1.54, 1.807) is 0 Å². The van der Waals surface area contributed by atoms with Gasteiger partial charge >= 0.3 is 0 Å². The number of aryl methyl sites for hydroxylation is 3. The molecule has 1 aliphatic carbocycles. The Labute approximate surface area is 100 Å². The average Bonchev–Trinajstić information content (AvgIpc) is 2.30. The maximum atomic E-state index is 4.73. The van der Waals surface area contributed by atoms with Crippen LogP contribution in [0.1, 0.15) is 69.0 Å². The van der Waals surface area contributed by atoms with E-state index in [-0.39, 0.29) is 0 Å². The summed E-state index contributed by atoms with van der Waals surface area (Å²) in [6, 6.07) is 2.39. The molecule has 0 radical (unpaired) electrons. The molecule has 0 bridgehead atoms. The molecule has 0 atom stereocenters. The Balaban J connectivity index is 0.000000606. The van der Waals surface area contributed by atoms with Crippen molar-refractivity contribution in [2.75, 3.05) is 0 Å². The Morgan fingerprint density at radius 2 is 1.75 bits per heavy atom. The summed E-state index contributed by atoms with van der Waals surface area (Å²) in [5.41, 5.74) is 5.54. The predicted molar refractivity (Wildman–Crippen MR) is 71.1 cm³/mol. The summed E-state index contributed by atoms with van der Waals surface area (Å²) >= 11 is 0. The van der Waals surface area contributed by atoms with Gasteiger partial charge in [0.1, 0.15) is 0 Å². The van der Waals surface area contributed by atoms with E-state index in [1.165, 1.54) is 48.2 Å². The number of hydrogen-bond acceptors (Lipinski definition) is 1. The van der Waals surface area contributed by atoms with Gasteiger partial charge in [-0.15, -0.1) is 0 Å². The Morgan fingerprint density at radius 1 is 1.12 bits per heavy atom. The van der Waals surface area contributed by atoms with Gasteiger partial charge in [0, 0.05) is 11.4 Å². The molecule has 1 heteroatoms. The number of hydrogen-bond donors (Lipinski definition) is 0. The van der Waals surface area contributed by atoms with Gasteiger partial charge < -0.3 is 0 Å². The molecule has 2 rings (SSSR count). The first-order valence-corrected chi connectivity index (χ1v) is 6.68. The summed E-state index contributed by atoms with van der Waals surface area (Å²) in [4.78, 5) is 4.73. The number of aromatic nitrogens is 1. The van der Waals surface area contributed by atoms with E-state index < -0.39 is 0 Å². The topological polar surface area (TPSA) is 12.9 Å². The minimum absolute atomic E-state index is 0.606. The van der Waals surface area contributed by atoms with Crippen LogP contribution in [0.3, 0.4) is 0 Å². The van der Waals surface area contributed by atoms with Gasteiger partial charge in [0.2, 0.25) is 0 Å². The first-order valence-electron chi connectivity index (χ1n) is 6.68. The van der Waals surface area contributed by atoms with Crippen molar-refractivity contribution in [2.24, 2.45) is 0 Å². The van der Waals surface area contributed by atoms with Crippen LogP contribution in [-0.4, -0.2) is 4.98 Å². The van der Waals surface area contributed by atoms with Crippen molar-refractivity contribution in [3.05, 3.63) is 28.6 Å². The average molecular weight is 219 g/mol. The van der Waals surface area contributed by atoms with Crippen LogP contribution in [-0.2, 0) is 12.8 Å². The second kappa shape index (κ2) is 6.03. The molecule has 1 aromatic heterocycles. The smallest absolute Gasteiger partial charge is 0.0438 e. The van der Waals surface area contributed by atoms with Crippen molar-refractivity contribution in [1.29, 1.82) is 0 Å². The molecule has 0 N–H and O–H groups in total. The van der Waals surface area contributed by atoms with Gasteiger partial charge in [-0.1, -0.05) is 33.8 Å². The molecule has 1 heterocycles. The Morgan fingerprint density at radius 3 is 2.38 bits per heavy atom. The van der Waals surface area contributed by atoms with E-state index in [0.29, 0.717) is 5.92 Å². The largest absolute Gasteiger partial charge is 0.258 e. The van der Waals surface area contributed by atoms with Gasteiger partial charge in [-0.05, 0) is 49.7 Å². The summed E-state index contributed by atoms with van der Waals surface area (Å²) in [6.45, 7) is 10.6. The third-order valence-corrected chi connectivity index (χ3v) is 3.15. The van der Waals surface area contributed by atoms with Crippen molar-refractivity contribution >= 4 is 0 Å². The zero-order valence-corrected chi connectivity index (χ0v) is 11.4. The van der Waals surface area contributed by atoms with Crippen LogP contribution < -0.4 is 0 Å². The molecule has 0 unspecified atom stereocenters. The molecule has 90 valence electrons. The summed E-state index contributed by atoms with van der Waals surface area (Å²) in [6.07, 6.45) is 5.09. The molecule has 1 nitrogen and oxygen atoms in total. The van der Waals surface area contributed by atoms with Gasteiger partial charge in [0.15, 0.2) is 0 Å². The SMILES string of the molecule is CC.Cc1nc2c(cc1C(C)C)CCCC2. The normalized spacial score (nSPS) is 14.1. The van der Waals surface area contributed by atoms with E-state index in [1.807, 2.05) is 13.8 Å². The highest BCUT2D eigenvalue weighted by molar-refractivity contribution is 5.33. The minimum atomic E-state index is 0.606. The third-order valence-electron chi connectivity index (χ3n) is 3.15. The molecular weight excluding hydrogens is 194 g/mol. The molecule has 0 saturated heterocycles. The van der Waals surface area contributed by atoms with E-state index in [2.05, 4.69) is 26.8 Å². The van der Waals surface area contributed by atoms with Gasteiger partial charge in [0.25, 0.3) is 0 Å². The first kappa shape index (κ1) is 13.2. The standard InChI is InChI=1S/C13H19N.C2H6/c1-9(2)12-8-11-6-4-5-7-13(11)14-10(12)3;1-2/h8-9H,4-7H2,1-3H3;1-2H3. The summed E-state index contributed by atoms with van der Waals surface area (Å²) < 4.78 is 0. The predicted octanol–water partition coefficient (Wildman–Crippen LogP) is 4.42. The lowest BCUT2D eigenvalue weighted by atomic mass is 9.91. The van der Waals surface area contributed by atoms with Gasteiger partial charge in [-0.2, -0.15) is 0 Å². The zero-order valence-electron chi connectivity index (χ0n) is 11.4. The van der Waals surface area contributed by atoms with E-state index in [0.717, 1.165) is 0 Å². The molecule has 0 fully saturated rings. The molecular formula is C15H25N. The van der Waals surface area contributed by atoms with Crippen molar-refractivity contribution < 1.29 is 0 Å². The van der Waals surface area contributed by atoms with E-state index in [4.69, 9.17) is 4.98 Å². The van der Waals surface area contributed by atoms with Crippen LogP contribution in [0.25, 0.3) is 0 Å². The Hall–Kier alpha value is -0.850. The second-order valence-electron chi connectivity index (χ2n) is 4.63. The molecule has 0 aliphatic heterocycles. The number of nitrogens with zero attached hydrogens (tertiary/aromatic N) is 1. The quantitative estimate of drug-likeness (QED) is 0.681. The Kier molecular flexibility index (Phi) is 4.98. The van der Waals surface area contributed by atoms with Gasteiger partial charge in [-0.25, -0.2) is 0 Å². The monoisotopic (exact) mass is 219 g/mol. The van der Waals surface area contributed by atoms with Crippen LogP contribution in [0.4, 0.5) is 0 Å². The molecule has 1 aliphatic rings. The lowest BCUT2D eigenvalue weighted by Gasteiger charge is -2.18. The fraction of sp³-hybridized carbons (Fsp3) is 0.667. The van der Waals surface area contributed by atoms with Crippen LogP contribution in [0.5, 0.6) is 0 Å². The highest BCUT2D eigenvalue weighted by Crippen LogP contribution is 2.25. The van der Waals surface area contributed by atoms with Crippen LogP contribution in [0, 0.1) is 6.92 Å². The number of rotatable bonds is 1. The van der Waals surface area contributed by atoms with Crippen molar-refractivity contribution in [3.8, 4) is 0 Å². The molecule has 16 heavy (non-hydrogen) atoms. The zero-order chi connectivity index (χ0) is 12.1. The molecule has 0 saturated carbocycles. The van der Waals surface area contributed by atoms with Crippen LogP contribution in [0.2, 0.25) is 0 Å². The van der Waals surface area contributed by atoms with Gasteiger partial charge in [0.05, 0.1) is 0 Å². The summed E-state index contributed by atoms with van der Waals surface area (Å²) in [5, 5.41) is 0. The van der Waals surface area contributed by atoms with Crippen LogP contribution >= 0.6 is 0 Å². The Bertz CT molecular complexity index is 340. The highest BCUT2D eigenvalue weighted by atomic mass is 14.7. The number of pyridine rings is 1. The van der Waals surface area contributed by atoms with Crippen molar-refractivity contribution in [3.63, 3.8) is 0 Å². The molecule has 0 spiro atoms. The summed E-state index contributed by atoms with van der Waals surface area (Å²) in [7, 11) is 0. The second-order valence-corrected chi connectivity index (χ2v) is 4.63. The molecule has 0 amide bonds. The minimum Gasteiger partial charge on any atom is -0.258 e. The van der Waals surface area contributed by atoms with E-state index >= 15 is 0 Å². The molecule has 0 aromatic carbocycles. The first-order chi connectivity index (χ1) is 7.68. The van der Waals surface area contributed by atoms with Crippen molar-refractivity contribution in [2.45, 2.75) is 66.2 Å². The molecule has 1 aromatic rings. The lowest BCUT2D eigenvalue weighted by Crippen LogP contribution is -2.09. The lowest BCUT2D eigenvalue weighted by molar-refractivity contribution is 0.659. The fourth-order valence-corrected chi connectivity index (χ4v) is 2.34.